The van der Waals surface area contributed by atoms with Crippen LogP contribution in [0, 0.1) is 0 Å². The molecule has 1 atom stereocenters. The molecular formula is C24H23ClN2O4. The van der Waals surface area contributed by atoms with Crippen molar-refractivity contribution in [2.24, 2.45) is 0 Å². The molecule has 3 heterocycles. The number of rotatable bonds is 5. The van der Waals surface area contributed by atoms with E-state index in [-0.39, 0.29) is 11.9 Å². The molecule has 1 aromatic heterocycles. The molecule has 0 saturated carbocycles. The van der Waals surface area contributed by atoms with Gasteiger partial charge in [0.05, 0.1) is 12.2 Å². The molecule has 1 fully saturated rings. The number of benzene rings is 2. The summed E-state index contributed by atoms with van der Waals surface area (Å²) in [6.45, 7) is 1.89. The van der Waals surface area contributed by atoms with Crippen molar-refractivity contribution in [3.05, 3.63) is 65.1 Å². The third-order valence-electron chi connectivity index (χ3n) is 5.76. The third-order valence-corrected chi connectivity index (χ3v) is 6.01. The molecule has 3 aromatic rings. The van der Waals surface area contributed by atoms with Crippen LogP contribution >= 0.6 is 11.6 Å². The number of hydrogen-bond acceptors (Lipinski definition) is 5. The summed E-state index contributed by atoms with van der Waals surface area (Å²) in [5.41, 5.74) is 2.00. The Balaban J connectivity index is 1.23. The molecule has 2 aliphatic heterocycles. The predicted molar refractivity (Wildman–Crippen MR) is 116 cm³/mol. The second-order valence-electron chi connectivity index (χ2n) is 7.77. The van der Waals surface area contributed by atoms with Crippen molar-refractivity contribution in [2.45, 2.75) is 31.7 Å². The summed E-state index contributed by atoms with van der Waals surface area (Å²) in [6.07, 6.45) is 4.46. The number of amides is 1. The smallest absolute Gasteiger partial charge is 0.223 e. The van der Waals surface area contributed by atoms with Crippen LogP contribution < -0.4 is 9.47 Å². The Kier molecular flexibility index (Phi) is 5.55. The number of hydrogen-bond donors (Lipinski definition) is 0. The second-order valence-corrected chi connectivity index (χ2v) is 8.21. The number of halogens is 1. The van der Waals surface area contributed by atoms with Crippen LogP contribution in [0.25, 0.3) is 11.3 Å². The van der Waals surface area contributed by atoms with Gasteiger partial charge in [-0.1, -0.05) is 17.7 Å². The Morgan fingerprint density at radius 2 is 1.90 bits per heavy atom. The minimum absolute atomic E-state index is 0.0671. The van der Waals surface area contributed by atoms with Crippen molar-refractivity contribution in [1.82, 2.24) is 9.88 Å². The van der Waals surface area contributed by atoms with Crippen molar-refractivity contribution >= 4 is 17.5 Å². The number of carbonyl (C=O) groups excluding carboxylic acids is 1. The van der Waals surface area contributed by atoms with Gasteiger partial charge in [-0.3, -0.25) is 4.79 Å². The average molecular weight is 439 g/mol. The number of nitrogens with zero attached hydrogens (tertiary/aromatic N) is 2. The van der Waals surface area contributed by atoms with Gasteiger partial charge in [-0.2, -0.15) is 0 Å². The topological polar surface area (TPSA) is 64.8 Å². The molecule has 1 amide bonds. The summed E-state index contributed by atoms with van der Waals surface area (Å²) >= 11 is 5.94. The van der Waals surface area contributed by atoms with Crippen LogP contribution in [0.1, 0.15) is 36.8 Å². The molecule has 1 saturated heterocycles. The molecule has 0 unspecified atom stereocenters. The monoisotopic (exact) mass is 438 g/mol. The highest BCUT2D eigenvalue weighted by molar-refractivity contribution is 6.30. The molecule has 160 valence electrons. The van der Waals surface area contributed by atoms with Crippen molar-refractivity contribution in [1.29, 1.82) is 0 Å². The van der Waals surface area contributed by atoms with Gasteiger partial charge in [0.15, 0.2) is 23.1 Å². The second kappa shape index (κ2) is 8.63. The first-order valence-corrected chi connectivity index (χ1v) is 10.9. The van der Waals surface area contributed by atoms with Crippen molar-refractivity contribution in [2.75, 3.05) is 19.8 Å². The first-order valence-electron chi connectivity index (χ1n) is 10.6. The van der Waals surface area contributed by atoms with Crippen molar-refractivity contribution in [3.8, 4) is 22.8 Å². The lowest BCUT2D eigenvalue weighted by atomic mass is 10.0. The fourth-order valence-corrected chi connectivity index (χ4v) is 4.34. The number of oxazole rings is 1. The van der Waals surface area contributed by atoms with Gasteiger partial charge < -0.3 is 18.8 Å². The number of likely N-dealkylation sites (tertiary alicyclic amines) is 1. The van der Waals surface area contributed by atoms with Gasteiger partial charge in [-0.25, -0.2) is 4.98 Å². The molecule has 0 spiro atoms. The van der Waals surface area contributed by atoms with E-state index >= 15 is 0 Å². The summed E-state index contributed by atoms with van der Waals surface area (Å²) < 4.78 is 17.2. The van der Waals surface area contributed by atoms with Gasteiger partial charge in [-0.05, 0) is 54.8 Å². The maximum Gasteiger partial charge on any atom is 0.223 e. The molecule has 2 aromatic carbocycles. The molecule has 6 nitrogen and oxygen atoms in total. The fraction of sp³-hybridized carbons (Fsp3) is 0.333. The van der Waals surface area contributed by atoms with Gasteiger partial charge in [0.25, 0.3) is 0 Å². The first kappa shape index (κ1) is 19.9. The van der Waals surface area contributed by atoms with Gasteiger partial charge >= 0.3 is 0 Å². The van der Waals surface area contributed by atoms with Crippen molar-refractivity contribution < 1.29 is 18.7 Å². The van der Waals surface area contributed by atoms with Crippen LogP contribution in [0.5, 0.6) is 11.5 Å². The normalized spacial score (nSPS) is 17.7. The van der Waals surface area contributed by atoms with E-state index < -0.39 is 0 Å². The number of carbonyl (C=O) groups is 1. The molecule has 2 aliphatic rings. The lowest BCUT2D eigenvalue weighted by Crippen LogP contribution is -2.30. The van der Waals surface area contributed by atoms with Crippen LogP contribution in [-0.2, 0) is 11.2 Å². The van der Waals surface area contributed by atoms with E-state index in [0.717, 1.165) is 42.0 Å². The molecule has 7 heteroatoms. The fourth-order valence-electron chi connectivity index (χ4n) is 4.21. The van der Waals surface area contributed by atoms with Crippen LogP contribution in [0.15, 0.2) is 53.1 Å². The largest absolute Gasteiger partial charge is 0.486 e. The Hall–Kier alpha value is -2.99. The van der Waals surface area contributed by atoms with Crippen LogP contribution in [0.3, 0.4) is 0 Å². The Morgan fingerprint density at radius 3 is 2.74 bits per heavy atom. The Morgan fingerprint density at radius 1 is 1.10 bits per heavy atom. The maximum atomic E-state index is 13.0. The first-order chi connectivity index (χ1) is 15.2. The van der Waals surface area contributed by atoms with E-state index in [4.69, 9.17) is 25.5 Å². The lowest BCUT2D eigenvalue weighted by molar-refractivity contribution is -0.132. The van der Waals surface area contributed by atoms with E-state index in [1.165, 1.54) is 0 Å². The Labute approximate surface area is 185 Å². The van der Waals surface area contributed by atoms with Gasteiger partial charge in [0, 0.05) is 30.0 Å². The SMILES string of the molecule is O=C(CCc1ncc(-c2ccc(Cl)cc2)o1)N1CCC[C@@H]1c1ccc2c(c1)OCCO2. The van der Waals surface area contributed by atoms with E-state index in [2.05, 4.69) is 4.98 Å². The molecular weight excluding hydrogens is 416 g/mol. The lowest BCUT2D eigenvalue weighted by Gasteiger charge is -2.26. The molecule has 0 N–H and O–H groups in total. The maximum absolute atomic E-state index is 13.0. The van der Waals surface area contributed by atoms with Crippen LogP contribution in [0.2, 0.25) is 5.02 Å². The zero-order valence-electron chi connectivity index (χ0n) is 17.1. The zero-order valence-corrected chi connectivity index (χ0v) is 17.8. The van der Waals surface area contributed by atoms with E-state index in [1.807, 2.05) is 47.4 Å². The standard InChI is InChI=1S/C24H23ClN2O4/c25-18-6-3-16(4-7-18)22-15-26-23(31-22)9-10-24(28)27-11-1-2-19(27)17-5-8-20-21(14-17)30-13-12-29-20/h3-8,14-15,19H,1-2,9-13H2/t19-/m1/s1. The molecule has 31 heavy (non-hydrogen) atoms. The summed E-state index contributed by atoms with van der Waals surface area (Å²) in [4.78, 5) is 19.3. The molecule has 0 aliphatic carbocycles. The predicted octanol–water partition coefficient (Wildman–Crippen LogP) is 5.06. The highest BCUT2D eigenvalue weighted by Gasteiger charge is 2.30. The van der Waals surface area contributed by atoms with Crippen molar-refractivity contribution in [3.63, 3.8) is 0 Å². The minimum Gasteiger partial charge on any atom is -0.486 e. The Bertz CT molecular complexity index is 1080. The van der Waals surface area contributed by atoms with Crippen LogP contribution in [0.4, 0.5) is 0 Å². The zero-order chi connectivity index (χ0) is 21.2. The minimum atomic E-state index is 0.0671. The summed E-state index contributed by atoms with van der Waals surface area (Å²) in [6, 6.07) is 13.5. The third kappa shape index (κ3) is 4.26. The molecule has 0 radical (unpaired) electrons. The van der Waals surface area contributed by atoms with Crippen LogP contribution in [-0.4, -0.2) is 35.5 Å². The quantitative estimate of drug-likeness (QED) is 0.557. The van der Waals surface area contributed by atoms with Gasteiger partial charge in [0.1, 0.15) is 13.2 Å². The van der Waals surface area contributed by atoms with E-state index in [1.54, 1.807) is 6.20 Å². The molecule has 0 bridgehead atoms. The van der Waals surface area contributed by atoms with E-state index in [0.29, 0.717) is 42.7 Å². The average Bonchev–Trinajstić information content (AvgIpc) is 3.48. The van der Waals surface area contributed by atoms with Gasteiger partial charge in [0.2, 0.25) is 5.91 Å². The van der Waals surface area contributed by atoms with E-state index in [9.17, 15) is 4.79 Å². The molecule has 5 rings (SSSR count). The summed E-state index contributed by atoms with van der Waals surface area (Å²) in [5.74, 6) is 2.88. The summed E-state index contributed by atoms with van der Waals surface area (Å²) in [7, 11) is 0. The number of aromatic nitrogens is 1. The highest BCUT2D eigenvalue weighted by Crippen LogP contribution is 2.38. The number of ether oxygens (including phenoxy) is 2. The highest BCUT2D eigenvalue weighted by atomic mass is 35.5. The number of aryl methyl sites for hydroxylation is 1. The number of fused-ring (bicyclic) bond motifs is 1. The summed E-state index contributed by atoms with van der Waals surface area (Å²) in [5, 5.41) is 0.673. The van der Waals surface area contributed by atoms with Gasteiger partial charge in [-0.15, -0.1) is 0 Å².